The van der Waals surface area contributed by atoms with Gasteiger partial charge in [0.1, 0.15) is 5.75 Å². The number of thiophene rings is 1. The lowest BCUT2D eigenvalue weighted by Gasteiger charge is -2.37. The molecule has 8 heteroatoms. The predicted molar refractivity (Wildman–Crippen MR) is 110 cm³/mol. The number of rotatable bonds is 4. The lowest BCUT2D eigenvalue weighted by atomic mass is 10.1. The van der Waals surface area contributed by atoms with Crippen LogP contribution in [-0.2, 0) is 11.3 Å². The predicted octanol–water partition coefficient (Wildman–Crippen LogP) is 3.58. The lowest BCUT2D eigenvalue weighted by Crippen LogP contribution is -2.51. The maximum Gasteiger partial charge on any atom is 0.265 e. The third kappa shape index (κ3) is 3.72. The topological polar surface area (TPSA) is 71.7 Å². The molecule has 0 bridgehead atoms. The van der Waals surface area contributed by atoms with E-state index >= 15 is 0 Å². The monoisotopic (exact) mass is 410 g/mol. The number of fused-ring (bicyclic) bond motifs is 1. The molecule has 0 aliphatic carbocycles. The number of hydrogen-bond donors (Lipinski definition) is 0. The van der Waals surface area contributed by atoms with E-state index in [9.17, 15) is 4.79 Å². The first-order valence-electron chi connectivity index (χ1n) is 9.94. The second kappa shape index (κ2) is 7.87. The van der Waals surface area contributed by atoms with Gasteiger partial charge in [-0.15, -0.1) is 11.3 Å². The average Bonchev–Trinajstić information content (AvgIpc) is 3.46. The van der Waals surface area contributed by atoms with Crippen LogP contribution in [0.15, 0.2) is 46.3 Å². The van der Waals surface area contributed by atoms with E-state index in [1.807, 2.05) is 46.7 Å². The van der Waals surface area contributed by atoms with Crippen LogP contribution >= 0.6 is 11.3 Å². The molecule has 1 fully saturated rings. The van der Waals surface area contributed by atoms with E-state index in [0.717, 1.165) is 36.5 Å². The van der Waals surface area contributed by atoms with Crippen LogP contribution in [0, 0.1) is 0 Å². The highest BCUT2D eigenvalue weighted by Gasteiger charge is 2.34. The van der Waals surface area contributed by atoms with Crippen molar-refractivity contribution in [1.29, 1.82) is 0 Å². The van der Waals surface area contributed by atoms with Gasteiger partial charge in [-0.3, -0.25) is 4.79 Å². The van der Waals surface area contributed by atoms with Crippen molar-refractivity contribution in [3.8, 4) is 16.5 Å². The van der Waals surface area contributed by atoms with Crippen molar-refractivity contribution in [2.45, 2.75) is 31.9 Å². The van der Waals surface area contributed by atoms with Crippen LogP contribution in [0.1, 0.15) is 25.2 Å². The zero-order valence-corrected chi connectivity index (χ0v) is 16.8. The average molecular weight is 410 g/mol. The Morgan fingerprint density at radius 1 is 1.14 bits per heavy atom. The first-order chi connectivity index (χ1) is 14.3. The third-order valence-corrected chi connectivity index (χ3v) is 6.21. The minimum atomic E-state index is -0.525. The number of anilines is 1. The van der Waals surface area contributed by atoms with Crippen LogP contribution in [0.5, 0.6) is 5.75 Å². The van der Waals surface area contributed by atoms with Crippen LogP contribution in [0.25, 0.3) is 10.7 Å². The normalized spacial score (nSPS) is 19.0. The molecular weight excluding hydrogens is 388 g/mol. The first-order valence-corrected chi connectivity index (χ1v) is 10.8. The number of piperidine rings is 1. The van der Waals surface area contributed by atoms with Crippen molar-refractivity contribution in [2.75, 3.05) is 24.5 Å². The Balaban J connectivity index is 1.37. The van der Waals surface area contributed by atoms with E-state index in [4.69, 9.17) is 9.26 Å². The van der Waals surface area contributed by atoms with Gasteiger partial charge >= 0.3 is 0 Å². The summed E-state index contributed by atoms with van der Waals surface area (Å²) < 4.78 is 11.6. The third-order valence-electron chi connectivity index (χ3n) is 5.34. The number of benzene rings is 1. The molecule has 2 aliphatic rings. The van der Waals surface area contributed by atoms with Gasteiger partial charge in [0, 0.05) is 13.1 Å². The molecule has 29 heavy (non-hydrogen) atoms. The number of hydrogen-bond acceptors (Lipinski definition) is 7. The summed E-state index contributed by atoms with van der Waals surface area (Å²) in [4.78, 5) is 22.6. The number of likely N-dealkylation sites (tertiary alicyclic amines) is 1. The quantitative estimate of drug-likeness (QED) is 0.655. The second-order valence-electron chi connectivity index (χ2n) is 7.33. The molecule has 1 amide bonds. The largest absolute Gasteiger partial charge is 0.477 e. The Labute approximate surface area is 172 Å². The summed E-state index contributed by atoms with van der Waals surface area (Å²) in [5, 5.41) is 6.09. The molecule has 4 heterocycles. The van der Waals surface area contributed by atoms with Crippen LogP contribution in [0.2, 0.25) is 0 Å². The van der Waals surface area contributed by atoms with Crippen molar-refractivity contribution in [3.05, 3.63) is 47.7 Å². The summed E-state index contributed by atoms with van der Waals surface area (Å²) in [6.45, 7) is 2.52. The SMILES string of the molecule is O=C(C1CN(Cc2nc(-c3cccs3)no2)c2ccccc2O1)N1CCCCC1. The molecule has 5 rings (SSSR count). The molecule has 7 nitrogen and oxygen atoms in total. The van der Waals surface area contributed by atoms with Crippen LogP contribution in [0.3, 0.4) is 0 Å². The molecule has 0 saturated carbocycles. The number of carbonyl (C=O) groups excluding carboxylic acids is 1. The fourth-order valence-electron chi connectivity index (χ4n) is 3.89. The lowest BCUT2D eigenvalue weighted by molar-refractivity contribution is -0.139. The van der Waals surface area contributed by atoms with Gasteiger partial charge in [-0.2, -0.15) is 4.98 Å². The summed E-state index contributed by atoms with van der Waals surface area (Å²) in [7, 11) is 0. The first kappa shape index (κ1) is 18.2. The van der Waals surface area contributed by atoms with Crippen molar-refractivity contribution in [3.63, 3.8) is 0 Å². The van der Waals surface area contributed by atoms with Gasteiger partial charge < -0.3 is 19.1 Å². The molecule has 1 saturated heterocycles. The van der Waals surface area contributed by atoms with Gasteiger partial charge in [0.2, 0.25) is 11.7 Å². The van der Waals surface area contributed by atoms with Gasteiger partial charge in [0.05, 0.1) is 23.7 Å². The standard InChI is InChI=1S/C21H22N4O3S/c26-21(24-10-4-1-5-11-24)17-13-25(15-7-2-3-8-16(15)27-17)14-19-22-20(23-28-19)18-9-6-12-29-18/h2-3,6-9,12,17H,1,4-5,10-11,13-14H2. The summed E-state index contributed by atoms with van der Waals surface area (Å²) in [5.41, 5.74) is 0.936. The minimum Gasteiger partial charge on any atom is -0.477 e. The highest BCUT2D eigenvalue weighted by Crippen LogP contribution is 2.34. The van der Waals surface area contributed by atoms with Crippen LogP contribution in [0.4, 0.5) is 5.69 Å². The van der Waals surface area contributed by atoms with Crippen molar-refractivity contribution < 1.29 is 14.1 Å². The Kier molecular flexibility index (Phi) is 4.93. The smallest absolute Gasteiger partial charge is 0.265 e. The zero-order valence-electron chi connectivity index (χ0n) is 16.0. The second-order valence-corrected chi connectivity index (χ2v) is 8.28. The molecule has 150 valence electrons. The molecule has 2 aromatic heterocycles. The molecule has 1 aromatic carbocycles. The Morgan fingerprint density at radius 2 is 2.00 bits per heavy atom. The molecule has 0 spiro atoms. The maximum atomic E-state index is 13.0. The number of para-hydroxylation sites is 2. The molecule has 3 aromatic rings. The number of aromatic nitrogens is 2. The Bertz CT molecular complexity index is 981. The fourth-order valence-corrected chi connectivity index (χ4v) is 4.54. The summed E-state index contributed by atoms with van der Waals surface area (Å²) in [6, 6.07) is 11.7. The van der Waals surface area contributed by atoms with E-state index in [1.54, 1.807) is 11.3 Å². The molecule has 0 N–H and O–H groups in total. The molecule has 0 radical (unpaired) electrons. The number of ether oxygens (including phenoxy) is 1. The highest BCUT2D eigenvalue weighted by molar-refractivity contribution is 7.13. The Morgan fingerprint density at radius 3 is 2.83 bits per heavy atom. The number of carbonyl (C=O) groups is 1. The van der Waals surface area contributed by atoms with Gasteiger partial charge in [0.15, 0.2) is 6.10 Å². The van der Waals surface area contributed by atoms with Gasteiger partial charge in [-0.25, -0.2) is 0 Å². The van der Waals surface area contributed by atoms with E-state index < -0.39 is 6.10 Å². The number of amides is 1. The number of nitrogens with zero attached hydrogens (tertiary/aromatic N) is 4. The van der Waals surface area contributed by atoms with Gasteiger partial charge in [-0.1, -0.05) is 23.4 Å². The van der Waals surface area contributed by atoms with Crippen molar-refractivity contribution >= 4 is 22.9 Å². The maximum absolute atomic E-state index is 13.0. The fraction of sp³-hybridized carbons (Fsp3) is 0.381. The minimum absolute atomic E-state index is 0.0639. The highest BCUT2D eigenvalue weighted by atomic mass is 32.1. The Hall–Kier alpha value is -2.87. The summed E-state index contributed by atoms with van der Waals surface area (Å²) in [6.07, 6.45) is 2.79. The molecule has 1 atom stereocenters. The van der Waals surface area contributed by atoms with Gasteiger partial charge in [0.25, 0.3) is 5.91 Å². The van der Waals surface area contributed by atoms with Crippen molar-refractivity contribution in [1.82, 2.24) is 15.0 Å². The van der Waals surface area contributed by atoms with E-state index in [-0.39, 0.29) is 5.91 Å². The van der Waals surface area contributed by atoms with Crippen molar-refractivity contribution in [2.24, 2.45) is 0 Å². The zero-order chi connectivity index (χ0) is 19.6. The molecule has 1 unspecified atom stereocenters. The van der Waals surface area contributed by atoms with E-state index in [0.29, 0.717) is 30.6 Å². The molecular formula is C21H22N4O3S. The summed E-state index contributed by atoms with van der Waals surface area (Å²) >= 11 is 1.58. The van der Waals surface area contributed by atoms with E-state index in [1.165, 1.54) is 6.42 Å². The van der Waals surface area contributed by atoms with Crippen LogP contribution in [-0.4, -0.2) is 46.7 Å². The van der Waals surface area contributed by atoms with Gasteiger partial charge in [-0.05, 0) is 42.8 Å². The van der Waals surface area contributed by atoms with Crippen LogP contribution < -0.4 is 9.64 Å². The summed E-state index contributed by atoms with van der Waals surface area (Å²) in [5.74, 6) is 1.90. The molecule has 2 aliphatic heterocycles. The van der Waals surface area contributed by atoms with E-state index in [2.05, 4.69) is 15.0 Å².